The van der Waals surface area contributed by atoms with Gasteiger partial charge in [-0.05, 0) is 196 Å². The van der Waals surface area contributed by atoms with Gasteiger partial charge in [-0.2, -0.15) is 0 Å². The van der Waals surface area contributed by atoms with Crippen molar-refractivity contribution in [3.05, 3.63) is 325 Å². The lowest BCUT2D eigenvalue weighted by Gasteiger charge is -2.34. The summed E-state index contributed by atoms with van der Waals surface area (Å²) < 4.78 is 13.9. The van der Waals surface area contributed by atoms with Gasteiger partial charge in [0.15, 0.2) is 11.2 Å². The molecule has 0 atom stereocenters. The lowest BCUT2D eigenvalue weighted by atomic mass is 9.67. The minimum absolute atomic E-state index is 0.190. The molecule has 4 heteroatoms. The summed E-state index contributed by atoms with van der Waals surface area (Å²) >= 11 is 0. The highest BCUT2D eigenvalue weighted by Crippen LogP contribution is 2.67. The lowest BCUT2D eigenvalue weighted by Crippen LogP contribution is -2.27. The van der Waals surface area contributed by atoms with Crippen LogP contribution >= 0.6 is 0 Å². The molecular formula is C87H62N2O2. The number of hydrogen-bond donors (Lipinski definition) is 0. The van der Waals surface area contributed by atoms with Crippen LogP contribution in [0.5, 0.6) is 0 Å². The summed E-state index contributed by atoms with van der Waals surface area (Å²) in [6.45, 7) is 9.46. The second-order valence-corrected chi connectivity index (χ2v) is 25.4. The van der Waals surface area contributed by atoms with E-state index in [1.54, 1.807) is 0 Å². The van der Waals surface area contributed by atoms with Crippen molar-refractivity contribution in [2.45, 2.75) is 44.9 Å². The molecule has 0 fully saturated rings. The summed E-state index contributed by atoms with van der Waals surface area (Å²) in [4.78, 5) is 4.85. The van der Waals surface area contributed by atoms with Gasteiger partial charge in [0.2, 0.25) is 0 Å². The van der Waals surface area contributed by atoms with Crippen molar-refractivity contribution in [3.63, 3.8) is 0 Å². The molecule has 0 unspecified atom stereocenters. The van der Waals surface area contributed by atoms with E-state index in [0.717, 1.165) is 89.1 Å². The quantitative estimate of drug-likeness (QED) is 0.137. The first-order valence-corrected chi connectivity index (χ1v) is 31.9. The minimum Gasteiger partial charge on any atom is -0.454 e. The Hall–Kier alpha value is -11.2. The van der Waals surface area contributed by atoms with E-state index in [1.807, 2.05) is 0 Å². The smallest absolute Gasteiger partial charge is 0.159 e. The SMILES string of the molecule is CC(C)c1cc2c(c3ccc(N(c4cccc(-c5ccccc5)c4)c4cccc5c4oc4ccccc45)cc13)C1(c3ccccc3-c3ccccc31)c1c-2cc(C(C)C)c2cc(N(c3cccc(-c4ccccc4)c3)c3cccc4c3oc3ccccc34)ccc12. The average molecular weight is 1170 g/mol. The molecule has 0 N–H and O–H groups in total. The van der Waals surface area contributed by atoms with Crippen molar-refractivity contribution in [3.8, 4) is 44.5 Å². The molecule has 0 radical (unpaired) electrons. The third-order valence-electron chi connectivity index (χ3n) is 19.7. The number of benzene rings is 14. The fourth-order valence-electron chi connectivity index (χ4n) is 15.8. The number of fused-ring (bicyclic) bond motifs is 20. The van der Waals surface area contributed by atoms with Gasteiger partial charge >= 0.3 is 0 Å². The van der Waals surface area contributed by atoms with E-state index in [0.29, 0.717) is 0 Å². The average Bonchev–Trinajstić information content (AvgIpc) is 1.53. The van der Waals surface area contributed by atoms with E-state index in [-0.39, 0.29) is 11.8 Å². The Labute approximate surface area is 529 Å². The van der Waals surface area contributed by atoms with Crippen LogP contribution in [0.4, 0.5) is 34.1 Å². The predicted molar refractivity (Wildman–Crippen MR) is 381 cm³/mol. The molecule has 91 heavy (non-hydrogen) atoms. The topological polar surface area (TPSA) is 32.8 Å². The number of furan rings is 2. The van der Waals surface area contributed by atoms with Crippen LogP contribution in [0.1, 0.15) is 72.9 Å². The molecule has 0 aliphatic heterocycles. The van der Waals surface area contributed by atoms with Crippen LogP contribution in [0.15, 0.2) is 300 Å². The lowest BCUT2D eigenvalue weighted by molar-refractivity contribution is 0.668. The van der Waals surface area contributed by atoms with Gasteiger partial charge in [0.05, 0.1) is 16.8 Å². The number of nitrogens with zero attached hydrogens (tertiary/aromatic N) is 2. The summed E-state index contributed by atoms with van der Waals surface area (Å²) in [5.74, 6) is 0.380. The van der Waals surface area contributed by atoms with Gasteiger partial charge in [-0.15, -0.1) is 0 Å². The largest absolute Gasteiger partial charge is 0.454 e. The Bertz CT molecular complexity index is 5280. The summed E-state index contributed by atoms with van der Waals surface area (Å²) in [7, 11) is 0. The van der Waals surface area contributed by atoms with Gasteiger partial charge in [0.25, 0.3) is 0 Å². The van der Waals surface area contributed by atoms with Crippen molar-refractivity contribution in [2.75, 3.05) is 9.80 Å². The molecule has 16 aromatic rings. The second kappa shape index (κ2) is 20.4. The number of anilines is 6. The Balaban J connectivity index is 0.905. The molecule has 4 nitrogen and oxygen atoms in total. The summed E-state index contributed by atoms with van der Waals surface area (Å²) in [5, 5.41) is 9.38. The Morgan fingerprint density at radius 3 is 1.10 bits per heavy atom. The van der Waals surface area contributed by atoms with Gasteiger partial charge in [-0.3, -0.25) is 0 Å². The van der Waals surface area contributed by atoms with Gasteiger partial charge in [-0.25, -0.2) is 0 Å². The molecule has 0 amide bonds. The van der Waals surface area contributed by atoms with Gasteiger partial charge in [0.1, 0.15) is 11.2 Å². The zero-order chi connectivity index (χ0) is 60.6. The van der Waals surface area contributed by atoms with Gasteiger partial charge in [0, 0.05) is 44.3 Å². The van der Waals surface area contributed by atoms with Crippen molar-refractivity contribution in [1.82, 2.24) is 0 Å². The third kappa shape index (κ3) is 7.88. The Morgan fingerprint density at radius 2 is 0.648 bits per heavy atom. The van der Waals surface area contributed by atoms with E-state index in [2.05, 4.69) is 329 Å². The predicted octanol–water partition coefficient (Wildman–Crippen LogP) is 24.7. The molecule has 2 aromatic heterocycles. The van der Waals surface area contributed by atoms with Crippen LogP contribution in [-0.4, -0.2) is 0 Å². The van der Waals surface area contributed by atoms with Crippen molar-refractivity contribution < 1.29 is 8.83 Å². The van der Waals surface area contributed by atoms with Crippen molar-refractivity contribution in [1.29, 1.82) is 0 Å². The van der Waals surface area contributed by atoms with Crippen molar-refractivity contribution >= 4 is 99.5 Å². The molecule has 2 aliphatic rings. The van der Waals surface area contributed by atoms with Crippen LogP contribution in [0.2, 0.25) is 0 Å². The fraction of sp³-hybridized carbons (Fsp3) is 0.0805. The third-order valence-corrected chi connectivity index (χ3v) is 19.7. The summed E-state index contributed by atoms with van der Waals surface area (Å²) in [6.07, 6.45) is 0. The zero-order valence-corrected chi connectivity index (χ0v) is 51.1. The van der Waals surface area contributed by atoms with E-state index < -0.39 is 5.41 Å². The molecule has 432 valence electrons. The monoisotopic (exact) mass is 1170 g/mol. The molecule has 2 heterocycles. The highest BCUT2D eigenvalue weighted by Gasteiger charge is 2.54. The highest BCUT2D eigenvalue weighted by molar-refractivity contribution is 6.15. The minimum atomic E-state index is -0.685. The number of hydrogen-bond acceptors (Lipinski definition) is 4. The van der Waals surface area contributed by atoms with E-state index in [1.165, 1.54) is 88.3 Å². The molecule has 0 bridgehead atoms. The second-order valence-electron chi connectivity index (χ2n) is 25.4. The van der Waals surface area contributed by atoms with E-state index in [9.17, 15) is 0 Å². The zero-order valence-electron chi connectivity index (χ0n) is 51.1. The van der Waals surface area contributed by atoms with Crippen molar-refractivity contribution in [2.24, 2.45) is 0 Å². The number of rotatable bonds is 10. The molecular weight excluding hydrogens is 1100 g/mol. The Morgan fingerprint density at radius 1 is 0.275 bits per heavy atom. The van der Waals surface area contributed by atoms with Crippen LogP contribution in [0, 0.1) is 0 Å². The maximum Gasteiger partial charge on any atom is 0.159 e. The first-order chi connectivity index (χ1) is 44.8. The maximum absolute atomic E-state index is 6.93. The maximum atomic E-state index is 6.93. The van der Waals surface area contributed by atoms with E-state index >= 15 is 0 Å². The van der Waals surface area contributed by atoms with Crippen LogP contribution in [0.3, 0.4) is 0 Å². The summed E-state index contributed by atoms with van der Waals surface area (Å²) in [6, 6.07) is 108. The van der Waals surface area contributed by atoms with Crippen LogP contribution < -0.4 is 9.80 Å². The molecule has 0 saturated heterocycles. The first-order valence-electron chi connectivity index (χ1n) is 31.9. The van der Waals surface area contributed by atoms with E-state index in [4.69, 9.17) is 8.83 Å². The van der Waals surface area contributed by atoms with Crippen LogP contribution in [0.25, 0.3) is 110 Å². The normalized spacial score (nSPS) is 12.9. The molecule has 1 spiro atoms. The first kappa shape index (κ1) is 52.9. The molecule has 0 saturated carbocycles. The molecule has 2 aliphatic carbocycles. The van der Waals surface area contributed by atoms with Gasteiger partial charge < -0.3 is 18.6 Å². The van der Waals surface area contributed by atoms with Gasteiger partial charge in [-0.1, -0.05) is 234 Å². The van der Waals surface area contributed by atoms with Crippen LogP contribution in [-0.2, 0) is 5.41 Å². The highest BCUT2D eigenvalue weighted by atomic mass is 16.3. The Kier molecular flexibility index (Phi) is 11.9. The number of para-hydroxylation sites is 4. The summed E-state index contributed by atoms with van der Waals surface area (Å²) in [5.41, 5.74) is 26.7. The molecule has 18 rings (SSSR count). The fourth-order valence-corrected chi connectivity index (χ4v) is 15.8. The standard InChI is InChI=1S/C87H62N2O2/c1-53(2)71-51-75-76-52-72(54(3)4)74-50-62(89(60-30-20-28-58(48-60)56-25-9-6-10-26-56)80-40-22-36-70-66-34-14-18-42-82(66)91-86(70)80)44-46-68(74)84(76)87(77-37-15-11-31-63(77)64-32-12-16-38-78(64)87)83(75)67-45-43-61(49-73(67)71)88(59-29-19-27-57(47-59)55-23-7-5-8-24-55)79-39-21-35-69-65-33-13-17-41-81(65)90-85(69)79/h5-54H,1-4H3. The molecule has 14 aromatic carbocycles.